The van der Waals surface area contributed by atoms with Gasteiger partial charge in [-0.25, -0.2) is 0 Å². The maximum Gasteiger partial charge on any atom is 0.133 e. The van der Waals surface area contributed by atoms with Crippen molar-refractivity contribution in [2.75, 3.05) is 6.61 Å². The van der Waals surface area contributed by atoms with Gasteiger partial charge in [0.1, 0.15) is 11.5 Å². The minimum atomic E-state index is 0.814. The van der Waals surface area contributed by atoms with E-state index in [0.29, 0.717) is 0 Å². The lowest BCUT2D eigenvalue weighted by atomic mass is 10.1. The first-order chi connectivity index (χ1) is 9.84. The number of ether oxygens (including phenoxy) is 1. The number of aryl methyl sites for hydroxylation is 2. The molecular weight excluding hydrogens is 250 g/mol. The van der Waals surface area contributed by atoms with Gasteiger partial charge >= 0.3 is 0 Å². The first-order valence-electron chi connectivity index (χ1n) is 7.76. The minimum absolute atomic E-state index is 0.814. The van der Waals surface area contributed by atoms with Gasteiger partial charge in [0, 0.05) is 6.07 Å². The summed E-state index contributed by atoms with van der Waals surface area (Å²) in [7, 11) is 0. The van der Waals surface area contributed by atoms with Crippen molar-refractivity contribution < 1.29 is 9.26 Å². The quantitative estimate of drug-likeness (QED) is 0.660. The van der Waals surface area contributed by atoms with Crippen molar-refractivity contribution >= 4 is 0 Å². The highest BCUT2D eigenvalue weighted by atomic mass is 16.5. The fourth-order valence-electron chi connectivity index (χ4n) is 2.01. The molecule has 20 heavy (non-hydrogen) atoms. The third-order valence-electron chi connectivity index (χ3n) is 2.98. The van der Waals surface area contributed by atoms with Gasteiger partial charge in [-0.2, -0.15) is 0 Å². The average Bonchev–Trinajstić information content (AvgIpc) is 2.91. The van der Waals surface area contributed by atoms with E-state index in [9.17, 15) is 0 Å². The molecule has 0 saturated carbocycles. The van der Waals surface area contributed by atoms with Gasteiger partial charge in [-0.15, -0.1) is 0 Å². The molecule has 0 bridgehead atoms. The van der Waals surface area contributed by atoms with Crippen LogP contribution in [-0.4, -0.2) is 11.8 Å². The molecule has 1 aromatic heterocycles. The Hall–Kier alpha value is -1.51. The number of allylic oxidation sites excluding steroid dienone is 3. The molecule has 0 atom stereocenters. The van der Waals surface area contributed by atoms with Gasteiger partial charge in [-0.05, 0) is 57.6 Å². The van der Waals surface area contributed by atoms with Gasteiger partial charge < -0.3 is 9.26 Å². The van der Waals surface area contributed by atoms with Gasteiger partial charge in [0.15, 0.2) is 0 Å². The third kappa shape index (κ3) is 6.60. The summed E-state index contributed by atoms with van der Waals surface area (Å²) >= 11 is 0. The van der Waals surface area contributed by atoms with Crippen LogP contribution in [0.4, 0.5) is 0 Å². The molecule has 2 rings (SSSR count). The molecule has 0 saturated heterocycles. The second-order valence-electron chi connectivity index (χ2n) is 4.67. The van der Waals surface area contributed by atoms with Crippen LogP contribution in [0.1, 0.15) is 57.4 Å². The summed E-state index contributed by atoms with van der Waals surface area (Å²) in [4.78, 5) is 0. The molecule has 0 radical (unpaired) electrons. The van der Waals surface area contributed by atoms with E-state index in [0.717, 1.165) is 55.9 Å². The molecular formula is C17H27NO2. The summed E-state index contributed by atoms with van der Waals surface area (Å²) in [6.07, 6.45) is 13.1. The number of unbranched alkanes of at least 4 members (excludes halogenated alkanes) is 2. The smallest absolute Gasteiger partial charge is 0.133 e. The Morgan fingerprint density at radius 3 is 2.70 bits per heavy atom. The molecule has 1 aliphatic rings. The minimum Gasteiger partial charge on any atom is -0.494 e. The summed E-state index contributed by atoms with van der Waals surface area (Å²) in [5.41, 5.74) is 1.06. The van der Waals surface area contributed by atoms with Gasteiger partial charge in [-0.1, -0.05) is 25.1 Å². The van der Waals surface area contributed by atoms with Crippen molar-refractivity contribution in [3.8, 4) is 0 Å². The fourth-order valence-corrected chi connectivity index (χ4v) is 2.01. The zero-order chi connectivity index (χ0) is 14.6. The van der Waals surface area contributed by atoms with Crippen LogP contribution in [0.2, 0.25) is 0 Å². The standard InChI is InChI=1S/C15H21NO2.C2H6/c1-13-12-14(16-18-13)8-4-3-7-11-17-15-9-5-2-6-10-15;1-2/h5,9-10,12H,2-4,6-8,11H2,1H3;1-2H3. The molecule has 1 aliphatic carbocycles. The Morgan fingerprint density at radius 2 is 2.05 bits per heavy atom. The van der Waals surface area contributed by atoms with Crippen LogP contribution in [-0.2, 0) is 11.2 Å². The SMILES string of the molecule is CC.Cc1cc(CCCCCOC2=CCCC=C2)no1. The van der Waals surface area contributed by atoms with Crippen LogP contribution < -0.4 is 0 Å². The van der Waals surface area contributed by atoms with E-state index >= 15 is 0 Å². The summed E-state index contributed by atoms with van der Waals surface area (Å²) in [5.74, 6) is 1.93. The van der Waals surface area contributed by atoms with Crippen LogP contribution in [0.15, 0.2) is 34.6 Å². The lowest BCUT2D eigenvalue weighted by Crippen LogP contribution is -1.96. The number of rotatable bonds is 7. The first-order valence-corrected chi connectivity index (χ1v) is 7.76. The molecule has 3 heteroatoms. The molecule has 0 aliphatic heterocycles. The second kappa shape index (κ2) is 10.3. The summed E-state index contributed by atoms with van der Waals surface area (Å²) < 4.78 is 10.7. The monoisotopic (exact) mass is 277 g/mol. The lowest BCUT2D eigenvalue weighted by Gasteiger charge is -2.09. The third-order valence-corrected chi connectivity index (χ3v) is 2.98. The molecule has 0 amide bonds. The molecule has 0 aromatic carbocycles. The molecule has 112 valence electrons. The normalized spacial score (nSPS) is 13.4. The summed E-state index contributed by atoms with van der Waals surface area (Å²) in [6, 6.07) is 2.01. The Kier molecular flexibility index (Phi) is 8.52. The maximum atomic E-state index is 5.68. The van der Waals surface area contributed by atoms with E-state index < -0.39 is 0 Å². The largest absolute Gasteiger partial charge is 0.494 e. The van der Waals surface area contributed by atoms with Crippen molar-refractivity contribution in [1.29, 1.82) is 0 Å². The number of hydrogen-bond donors (Lipinski definition) is 0. The highest BCUT2D eigenvalue weighted by Crippen LogP contribution is 2.12. The van der Waals surface area contributed by atoms with E-state index in [1.807, 2.05) is 26.8 Å². The lowest BCUT2D eigenvalue weighted by molar-refractivity contribution is 0.215. The van der Waals surface area contributed by atoms with E-state index in [-0.39, 0.29) is 0 Å². The zero-order valence-corrected chi connectivity index (χ0v) is 13.0. The average molecular weight is 277 g/mol. The second-order valence-corrected chi connectivity index (χ2v) is 4.67. The number of hydrogen-bond acceptors (Lipinski definition) is 3. The number of nitrogens with zero attached hydrogens (tertiary/aromatic N) is 1. The Labute approximate surface area is 122 Å². The van der Waals surface area contributed by atoms with E-state index in [2.05, 4.69) is 23.4 Å². The molecule has 3 nitrogen and oxygen atoms in total. The van der Waals surface area contributed by atoms with Crippen molar-refractivity contribution in [3.63, 3.8) is 0 Å². The zero-order valence-electron chi connectivity index (χ0n) is 13.0. The predicted molar refractivity (Wildman–Crippen MR) is 82.6 cm³/mol. The first kappa shape index (κ1) is 16.5. The predicted octanol–water partition coefficient (Wildman–Crippen LogP) is 4.97. The molecule has 0 unspecified atom stereocenters. The molecule has 1 heterocycles. The van der Waals surface area contributed by atoms with Crippen molar-refractivity contribution in [1.82, 2.24) is 5.16 Å². The van der Waals surface area contributed by atoms with E-state index in [1.54, 1.807) is 0 Å². The van der Waals surface area contributed by atoms with E-state index in [4.69, 9.17) is 9.26 Å². The van der Waals surface area contributed by atoms with Crippen molar-refractivity contribution in [3.05, 3.63) is 41.5 Å². The van der Waals surface area contributed by atoms with Crippen molar-refractivity contribution in [2.45, 2.75) is 59.3 Å². The number of aromatic nitrogens is 1. The van der Waals surface area contributed by atoms with Crippen LogP contribution >= 0.6 is 0 Å². The van der Waals surface area contributed by atoms with Gasteiger partial charge in [0.2, 0.25) is 0 Å². The summed E-state index contributed by atoms with van der Waals surface area (Å²) in [5, 5.41) is 3.98. The van der Waals surface area contributed by atoms with Crippen LogP contribution in [0.3, 0.4) is 0 Å². The van der Waals surface area contributed by atoms with Crippen LogP contribution in [0.5, 0.6) is 0 Å². The van der Waals surface area contributed by atoms with E-state index in [1.165, 1.54) is 6.42 Å². The van der Waals surface area contributed by atoms with Gasteiger partial charge in [0.25, 0.3) is 0 Å². The molecule has 0 N–H and O–H groups in total. The van der Waals surface area contributed by atoms with Gasteiger partial charge in [0.05, 0.1) is 12.3 Å². The maximum absolute atomic E-state index is 5.68. The highest BCUT2D eigenvalue weighted by molar-refractivity contribution is 5.15. The highest BCUT2D eigenvalue weighted by Gasteiger charge is 2.01. The van der Waals surface area contributed by atoms with Crippen LogP contribution in [0.25, 0.3) is 0 Å². The Bertz CT molecular complexity index is 418. The molecule has 0 spiro atoms. The molecule has 0 fully saturated rings. The van der Waals surface area contributed by atoms with Crippen LogP contribution in [0, 0.1) is 6.92 Å². The fraction of sp³-hybridized carbons (Fsp3) is 0.588. The topological polar surface area (TPSA) is 35.3 Å². The Morgan fingerprint density at radius 1 is 1.20 bits per heavy atom. The summed E-state index contributed by atoms with van der Waals surface area (Å²) in [6.45, 7) is 6.74. The Balaban J connectivity index is 0.000000956. The molecule has 1 aromatic rings. The van der Waals surface area contributed by atoms with Crippen molar-refractivity contribution in [2.24, 2.45) is 0 Å². The van der Waals surface area contributed by atoms with Gasteiger partial charge in [-0.3, -0.25) is 0 Å².